The highest BCUT2D eigenvalue weighted by Crippen LogP contribution is 2.24. The molecule has 1 aliphatic heterocycles. The molecule has 1 aromatic rings. The third-order valence-electron chi connectivity index (χ3n) is 2.84. The summed E-state index contributed by atoms with van der Waals surface area (Å²) in [7, 11) is 0. The lowest BCUT2D eigenvalue weighted by Crippen LogP contribution is -2.26. The fourth-order valence-electron chi connectivity index (χ4n) is 1.64. The lowest BCUT2D eigenvalue weighted by atomic mass is 10.1. The minimum absolute atomic E-state index is 0.359. The number of anilines is 1. The van der Waals surface area contributed by atoms with Crippen LogP contribution < -0.4 is 5.32 Å². The molecule has 0 aliphatic carbocycles. The summed E-state index contributed by atoms with van der Waals surface area (Å²) < 4.78 is 10.7. The summed E-state index contributed by atoms with van der Waals surface area (Å²) >= 11 is 0. The molecule has 1 saturated heterocycles. The first-order valence-electron chi connectivity index (χ1n) is 5.95. The second-order valence-electron chi connectivity index (χ2n) is 4.24. The fraction of sp³-hybridized carbons (Fsp3) is 0.385. The third kappa shape index (κ3) is 3.30. The van der Waals surface area contributed by atoms with Crippen molar-refractivity contribution in [3.8, 4) is 0 Å². The van der Waals surface area contributed by atoms with Crippen molar-refractivity contribution in [1.82, 2.24) is 0 Å². The molecule has 1 heterocycles. The number of carboxylic acid groups (broad SMARTS) is 1. The number of aliphatic carboxylic acids is 1. The Balaban J connectivity index is 1.98. The van der Waals surface area contributed by atoms with E-state index in [1.807, 2.05) is 0 Å². The van der Waals surface area contributed by atoms with E-state index in [0.717, 1.165) is 5.56 Å². The van der Waals surface area contributed by atoms with Crippen molar-refractivity contribution in [2.24, 2.45) is 5.92 Å². The maximum absolute atomic E-state index is 11.6. The van der Waals surface area contributed by atoms with Crippen LogP contribution in [-0.2, 0) is 19.1 Å². The minimum atomic E-state index is -1.15. The van der Waals surface area contributed by atoms with Crippen LogP contribution in [0.3, 0.4) is 0 Å². The molecule has 0 saturated carbocycles. The molecule has 1 fully saturated rings. The molecule has 0 bridgehead atoms. The van der Waals surface area contributed by atoms with Gasteiger partial charge in [0.2, 0.25) is 5.91 Å². The van der Waals surface area contributed by atoms with Crippen LogP contribution in [0, 0.1) is 5.92 Å². The number of hydrogen-bond acceptors (Lipinski definition) is 4. The number of benzene rings is 1. The SMILES string of the molecule is CC(C(=O)O)C(=O)Nc1ccc(C2OCCO2)cc1. The number of carboxylic acids is 1. The van der Waals surface area contributed by atoms with Gasteiger partial charge in [-0.05, 0) is 19.1 Å². The molecule has 1 unspecified atom stereocenters. The first-order valence-corrected chi connectivity index (χ1v) is 5.95. The van der Waals surface area contributed by atoms with E-state index >= 15 is 0 Å². The van der Waals surface area contributed by atoms with Gasteiger partial charge in [0.25, 0.3) is 0 Å². The van der Waals surface area contributed by atoms with E-state index in [1.165, 1.54) is 6.92 Å². The Morgan fingerprint density at radius 3 is 2.37 bits per heavy atom. The van der Waals surface area contributed by atoms with Gasteiger partial charge < -0.3 is 19.9 Å². The van der Waals surface area contributed by atoms with Gasteiger partial charge in [-0.25, -0.2) is 0 Å². The van der Waals surface area contributed by atoms with E-state index in [2.05, 4.69) is 5.32 Å². The van der Waals surface area contributed by atoms with Gasteiger partial charge in [-0.1, -0.05) is 12.1 Å². The predicted molar refractivity (Wildman–Crippen MR) is 66.5 cm³/mol. The van der Waals surface area contributed by atoms with Crippen LogP contribution in [0.1, 0.15) is 18.8 Å². The number of carbonyl (C=O) groups excluding carboxylic acids is 1. The summed E-state index contributed by atoms with van der Waals surface area (Å²) in [5.74, 6) is -2.78. The molecular formula is C13H15NO5. The molecule has 1 amide bonds. The largest absolute Gasteiger partial charge is 0.481 e. The van der Waals surface area contributed by atoms with Crippen molar-refractivity contribution in [1.29, 1.82) is 0 Å². The molecule has 0 aromatic heterocycles. The van der Waals surface area contributed by atoms with Gasteiger partial charge in [0, 0.05) is 11.3 Å². The number of rotatable bonds is 4. The summed E-state index contributed by atoms with van der Waals surface area (Å²) in [5.41, 5.74) is 1.40. The number of nitrogens with one attached hydrogen (secondary N) is 1. The molecule has 2 rings (SSSR count). The van der Waals surface area contributed by atoms with E-state index in [1.54, 1.807) is 24.3 Å². The van der Waals surface area contributed by atoms with Crippen molar-refractivity contribution in [2.45, 2.75) is 13.2 Å². The highest BCUT2D eigenvalue weighted by molar-refractivity contribution is 6.03. The Bertz CT molecular complexity index is 464. The summed E-state index contributed by atoms with van der Waals surface area (Å²) in [6.07, 6.45) is -0.359. The first-order chi connectivity index (χ1) is 9.08. The van der Waals surface area contributed by atoms with Crippen LogP contribution in [0.2, 0.25) is 0 Å². The van der Waals surface area contributed by atoms with Crippen molar-refractivity contribution >= 4 is 17.6 Å². The Morgan fingerprint density at radius 1 is 1.26 bits per heavy atom. The first kappa shape index (κ1) is 13.5. The zero-order chi connectivity index (χ0) is 13.8. The van der Waals surface area contributed by atoms with Crippen LogP contribution in [-0.4, -0.2) is 30.2 Å². The van der Waals surface area contributed by atoms with Gasteiger partial charge in [-0.3, -0.25) is 9.59 Å². The minimum Gasteiger partial charge on any atom is -0.481 e. The Kier molecular flexibility index (Phi) is 4.13. The smallest absolute Gasteiger partial charge is 0.315 e. The van der Waals surface area contributed by atoms with Gasteiger partial charge >= 0.3 is 5.97 Å². The lowest BCUT2D eigenvalue weighted by molar-refractivity contribution is -0.144. The summed E-state index contributed by atoms with van der Waals surface area (Å²) in [6.45, 7) is 2.48. The molecular weight excluding hydrogens is 250 g/mol. The quantitative estimate of drug-likeness (QED) is 0.804. The lowest BCUT2D eigenvalue weighted by Gasteiger charge is -2.11. The third-order valence-corrected chi connectivity index (χ3v) is 2.84. The van der Waals surface area contributed by atoms with Crippen LogP contribution in [0.5, 0.6) is 0 Å². The molecule has 0 spiro atoms. The topological polar surface area (TPSA) is 84.9 Å². The van der Waals surface area contributed by atoms with E-state index in [9.17, 15) is 9.59 Å². The van der Waals surface area contributed by atoms with Gasteiger partial charge in [-0.2, -0.15) is 0 Å². The number of ether oxygens (including phenoxy) is 2. The Hall–Kier alpha value is -1.92. The summed E-state index contributed by atoms with van der Waals surface area (Å²) in [6, 6.07) is 6.92. The maximum Gasteiger partial charge on any atom is 0.315 e. The predicted octanol–water partition coefficient (Wildman–Crippen LogP) is 1.39. The molecule has 1 aromatic carbocycles. The molecule has 1 aliphatic rings. The van der Waals surface area contributed by atoms with Gasteiger partial charge in [-0.15, -0.1) is 0 Å². The molecule has 1 atom stereocenters. The average molecular weight is 265 g/mol. The van der Waals surface area contributed by atoms with Crippen molar-refractivity contribution < 1.29 is 24.2 Å². The van der Waals surface area contributed by atoms with Crippen molar-refractivity contribution in [3.63, 3.8) is 0 Å². The monoisotopic (exact) mass is 265 g/mol. The van der Waals surface area contributed by atoms with Crippen molar-refractivity contribution in [3.05, 3.63) is 29.8 Å². The molecule has 6 heteroatoms. The molecule has 0 radical (unpaired) electrons. The van der Waals surface area contributed by atoms with Gasteiger partial charge in [0.1, 0.15) is 5.92 Å². The molecule has 2 N–H and O–H groups in total. The summed E-state index contributed by atoms with van der Waals surface area (Å²) in [5, 5.41) is 11.3. The second-order valence-corrected chi connectivity index (χ2v) is 4.24. The molecule has 19 heavy (non-hydrogen) atoms. The van der Waals surface area contributed by atoms with E-state index in [-0.39, 0.29) is 6.29 Å². The van der Waals surface area contributed by atoms with E-state index < -0.39 is 17.8 Å². The number of hydrogen-bond donors (Lipinski definition) is 2. The fourth-order valence-corrected chi connectivity index (χ4v) is 1.64. The van der Waals surface area contributed by atoms with E-state index in [4.69, 9.17) is 14.6 Å². The average Bonchev–Trinajstić information content (AvgIpc) is 2.92. The second kappa shape index (κ2) is 5.81. The molecule has 102 valence electrons. The van der Waals surface area contributed by atoms with Gasteiger partial charge in [0.05, 0.1) is 13.2 Å². The number of amides is 1. The molecule has 6 nitrogen and oxygen atoms in total. The normalized spacial score (nSPS) is 17.1. The highest BCUT2D eigenvalue weighted by atomic mass is 16.7. The maximum atomic E-state index is 11.6. The van der Waals surface area contributed by atoms with Crippen LogP contribution >= 0.6 is 0 Å². The number of carbonyl (C=O) groups is 2. The highest BCUT2D eigenvalue weighted by Gasteiger charge is 2.21. The van der Waals surface area contributed by atoms with Crippen LogP contribution in [0.4, 0.5) is 5.69 Å². The summed E-state index contributed by atoms with van der Waals surface area (Å²) in [4.78, 5) is 22.2. The van der Waals surface area contributed by atoms with Crippen LogP contribution in [0.15, 0.2) is 24.3 Å². The van der Waals surface area contributed by atoms with Crippen molar-refractivity contribution in [2.75, 3.05) is 18.5 Å². The van der Waals surface area contributed by atoms with E-state index in [0.29, 0.717) is 18.9 Å². The van der Waals surface area contributed by atoms with Crippen LogP contribution in [0.25, 0.3) is 0 Å². The zero-order valence-electron chi connectivity index (χ0n) is 10.5. The Labute approximate surface area is 110 Å². The standard InChI is InChI=1S/C13H15NO5/c1-8(12(16)17)11(15)14-10-4-2-9(3-5-10)13-18-6-7-19-13/h2-5,8,13H,6-7H2,1H3,(H,14,15)(H,16,17). The Morgan fingerprint density at radius 2 is 1.84 bits per heavy atom. The van der Waals surface area contributed by atoms with Gasteiger partial charge in [0.15, 0.2) is 6.29 Å². The zero-order valence-corrected chi connectivity index (χ0v) is 10.5.